The van der Waals surface area contributed by atoms with Gasteiger partial charge in [0.2, 0.25) is 11.8 Å². The van der Waals surface area contributed by atoms with Gasteiger partial charge in [-0.15, -0.1) is 11.8 Å². The number of thioether (sulfide) groups is 1. The summed E-state index contributed by atoms with van der Waals surface area (Å²) in [4.78, 5) is 41.4. The van der Waals surface area contributed by atoms with Crippen LogP contribution < -0.4 is 5.32 Å². The molecule has 29 heavy (non-hydrogen) atoms. The number of hydrogen-bond acceptors (Lipinski definition) is 6. The number of rotatable bonds is 9. The molecule has 0 aliphatic carbocycles. The number of nitrogens with one attached hydrogen (secondary N) is 1. The number of aliphatic hydroxyl groups is 1. The number of likely N-dealkylation sites (tertiary alicyclic amines) is 1. The van der Waals surface area contributed by atoms with Crippen molar-refractivity contribution in [3.63, 3.8) is 0 Å². The smallest absolute Gasteiger partial charge is 0.311 e. The first kappa shape index (κ1) is 22.4. The summed E-state index contributed by atoms with van der Waals surface area (Å²) in [5.74, 6) is -1.55. The molecule has 3 rings (SSSR count). The Kier molecular flexibility index (Phi) is 6.53. The zero-order valence-electron chi connectivity index (χ0n) is 17.9. The van der Waals surface area contributed by atoms with Gasteiger partial charge in [-0.05, 0) is 59.8 Å². The van der Waals surface area contributed by atoms with Crippen molar-refractivity contribution < 1.29 is 24.2 Å². The van der Waals surface area contributed by atoms with Crippen LogP contribution in [0.3, 0.4) is 0 Å². The van der Waals surface area contributed by atoms with Gasteiger partial charge in [-0.1, -0.05) is 0 Å². The molecule has 0 radical (unpaired) electrons. The fraction of sp³-hybridized carbons (Fsp3) is 0.857. The van der Waals surface area contributed by atoms with Crippen molar-refractivity contribution in [1.29, 1.82) is 0 Å². The van der Waals surface area contributed by atoms with E-state index in [4.69, 9.17) is 9.84 Å². The molecule has 3 heterocycles. The van der Waals surface area contributed by atoms with Gasteiger partial charge >= 0.3 is 5.97 Å². The maximum atomic E-state index is 13.6. The Morgan fingerprint density at radius 2 is 2.03 bits per heavy atom. The van der Waals surface area contributed by atoms with Gasteiger partial charge in [0.25, 0.3) is 0 Å². The molecule has 5 atom stereocenters. The second-order valence-electron chi connectivity index (χ2n) is 8.96. The molecule has 3 fully saturated rings. The van der Waals surface area contributed by atoms with Crippen LogP contribution >= 0.6 is 11.8 Å². The molecule has 0 aromatic rings. The van der Waals surface area contributed by atoms with E-state index in [-0.39, 0.29) is 41.8 Å². The molecule has 2 amide bonds. The van der Waals surface area contributed by atoms with Crippen molar-refractivity contribution in [3.8, 4) is 0 Å². The molecule has 7 nitrogen and oxygen atoms in total. The van der Waals surface area contributed by atoms with E-state index in [0.717, 1.165) is 25.7 Å². The highest BCUT2D eigenvalue weighted by molar-refractivity contribution is 8.02. The van der Waals surface area contributed by atoms with Crippen molar-refractivity contribution >= 4 is 29.5 Å². The monoisotopic (exact) mass is 426 g/mol. The average molecular weight is 427 g/mol. The number of unbranched alkanes of at least 4 members (excludes halogenated alkanes) is 2. The lowest BCUT2D eigenvalue weighted by atomic mass is 9.66. The standard InChI is InChI=1S/C21H34N2O5S/c1-5-28-19(27)15-14-18(26)23(11-7-6-8-12-24)16(17(25)22-13(2)3)21(14)10-9-20(15,4)29-21/h13-16,24H,5-12H2,1-4H3,(H,22,25)/t14-,15+,16?,20-,21?/m0/s1. The largest absolute Gasteiger partial charge is 0.466 e. The molecule has 3 aliphatic heterocycles. The molecule has 2 N–H and O–H groups in total. The third-order valence-corrected chi connectivity index (χ3v) is 8.54. The van der Waals surface area contributed by atoms with Crippen LogP contribution in [0.25, 0.3) is 0 Å². The average Bonchev–Trinajstić information content (AvgIpc) is 3.19. The Balaban J connectivity index is 1.95. The fourth-order valence-corrected chi connectivity index (χ4v) is 7.84. The SMILES string of the molecule is CCOC(=O)[C@H]1[C@H]2C(=O)N(CCCCCO)C(C(=O)NC(C)C)C23CC[C@]1(C)S3. The van der Waals surface area contributed by atoms with Crippen LogP contribution in [0.5, 0.6) is 0 Å². The lowest BCUT2D eigenvalue weighted by Gasteiger charge is -2.34. The molecule has 3 aliphatic rings. The van der Waals surface area contributed by atoms with Crippen LogP contribution in [0.15, 0.2) is 0 Å². The van der Waals surface area contributed by atoms with Crippen LogP contribution in [-0.2, 0) is 19.1 Å². The Morgan fingerprint density at radius 3 is 2.66 bits per heavy atom. The molecular weight excluding hydrogens is 392 g/mol. The third-order valence-electron chi connectivity index (χ3n) is 6.55. The zero-order chi connectivity index (χ0) is 21.4. The van der Waals surface area contributed by atoms with Gasteiger partial charge < -0.3 is 20.1 Å². The summed E-state index contributed by atoms with van der Waals surface area (Å²) in [6, 6.07) is -0.591. The van der Waals surface area contributed by atoms with E-state index < -0.39 is 22.6 Å². The quantitative estimate of drug-likeness (QED) is 0.431. The normalized spacial score (nSPS) is 35.3. The molecular formula is C21H34N2O5S. The minimum atomic E-state index is -0.570. The Hall–Kier alpha value is -1.28. The van der Waals surface area contributed by atoms with E-state index in [9.17, 15) is 14.4 Å². The van der Waals surface area contributed by atoms with Gasteiger partial charge in [-0.2, -0.15) is 0 Å². The summed E-state index contributed by atoms with van der Waals surface area (Å²) in [6.45, 7) is 8.53. The number of ether oxygens (including phenoxy) is 1. The second-order valence-corrected chi connectivity index (χ2v) is 10.9. The summed E-state index contributed by atoms with van der Waals surface area (Å²) in [5.41, 5.74) is 0. The summed E-state index contributed by atoms with van der Waals surface area (Å²) in [7, 11) is 0. The molecule has 1 spiro atoms. The first-order valence-electron chi connectivity index (χ1n) is 10.8. The van der Waals surface area contributed by atoms with E-state index in [2.05, 4.69) is 5.32 Å². The summed E-state index contributed by atoms with van der Waals surface area (Å²) in [6.07, 6.45) is 3.76. The lowest BCUT2D eigenvalue weighted by Crippen LogP contribution is -2.54. The van der Waals surface area contributed by atoms with Crippen molar-refractivity contribution in [2.75, 3.05) is 19.8 Å². The number of aliphatic hydroxyl groups excluding tert-OH is 1. The molecule has 8 heteroatoms. The van der Waals surface area contributed by atoms with E-state index in [1.54, 1.807) is 23.6 Å². The minimum absolute atomic E-state index is 0.0238. The molecule has 0 aromatic heterocycles. The first-order chi connectivity index (χ1) is 13.7. The van der Waals surface area contributed by atoms with E-state index in [1.807, 2.05) is 20.8 Å². The molecule has 2 bridgehead atoms. The highest BCUT2D eigenvalue weighted by atomic mass is 32.2. The van der Waals surface area contributed by atoms with Crippen LogP contribution in [0.1, 0.15) is 59.8 Å². The molecule has 2 unspecified atom stereocenters. The minimum Gasteiger partial charge on any atom is -0.466 e. The maximum absolute atomic E-state index is 13.6. The van der Waals surface area contributed by atoms with Crippen molar-refractivity contribution in [1.82, 2.24) is 10.2 Å². The van der Waals surface area contributed by atoms with Gasteiger partial charge in [0.05, 0.1) is 23.2 Å². The number of hydrogen-bond donors (Lipinski definition) is 2. The van der Waals surface area contributed by atoms with Crippen LogP contribution in [-0.4, -0.2) is 69.1 Å². The fourth-order valence-electron chi connectivity index (χ4n) is 5.49. The number of amides is 2. The highest BCUT2D eigenvalue weighted by Crippen LogP contribution is 2.71. The molecule has 3 saturated heterocycles. The van der Waals surface area contributed by atoms with E-state index >= 15 is 0 Å². The number of fused-ring (bicyclic) bond motifs is 1. The topological polar surface area (TPSA) is 95.9 Å². The number of carbonyl (C=O) groups is 3. The number of esters is 1. The highest BCUT2D eigenvalue weighted by Gasteiger charge is 2.77. The van der Waals surface area contributed by atoms with Crippen LogP contribution in [0.2, 0.25) is 0 Å². The maximum Gasteiger partial charge on any atom is 0.311 e. The third kappa shape index (κ3) is 3.67. The number of carbonyl (C=O) groups excluding carboxylic acids is 3. The second kappa shape index (κ2) is 8.46. The summed E-state index contributed by atoms with van der Waals surface area (Å²) < 4.78 is 4.41. The molecule has 0 aromatic carbocycles. The van der Waals surface area contributed by atoms with E-state index in [1.165, 1.54) is 0 Å². The first-order valence-corrected chi connectivity index (χ1v) is 11.6. The van der Waals surface area contributed by atoms with Gasteiger partial charge in [0.15, 0.2) is 0 Å². The Labute approximate surface area is 177 Å². The zero-order valence-corrected chi connectivity index (χ0v) is 18.7. The van der Waals surface area contributed by atoms with Gasteiger partial charge in [-0.25, -0.2) is 0 Å². The van der Waals surface area contributed by atoms with Crippen molar-refractivity contribution in [2.24, 2.45) is 11.8 Å². The van der Waals surface area contributed by atoms with Crippen LogP contribution in [0.4, 0.5) is 0 Å². The summed E-state index contributed by atoms with van der Waals surface area (Å²) >= 11 is 1.66. The molecule has 164 valence electrons. The Bertz CT molecular complexity index is 671. The lowest BCUT2D eigenvalue weighted by molar-refractivity contribution is -0.155. The summed E-state index contributed by atoms with van der Waals surface area (Å²) in [5, 5.41) is 12.0. The van der Waals surface area contributed by atoms with Gasteiger partial charge in [-0.3, -0.25) is 14.4 Å². The van der Waals surface area contributed by atoms with E-state index in [0.29, 0.717) is 13.0 Å². The predicted molar refractivity (Wildman–Crippen MR) is 111 cm³/mol. The van der Waals surface area contributed by atoms with Gasteiger partial charge in [0.1, 0.15) is 6.04 Å². The van der Waals surface area contributed by atoms with Gasteiger partial charge in [0, 0.05) is 23.9 Å². The predicted octanol–water partition coefficient (Wildman–Crippen LogP) is 1.72. The van der Waals surface area contributed by atoms with Crippen LogP contribution in [0, 0.1) is 11.8 Å². The Morgan fingerprint density at radius 1 is 1.31 bits per heavy atom. The van der Waals surface area contributed by atoms with Crippen molar-refractivity contribution in [3.05, 3.63) is 0 Å². The number of nitrogens with zero attached hydrogens (tertiary/aromatic N) is 1. The molecule has 0 saturated carbocycles. The van der Waals surface area contributed by atoms with Crippen molar-refractivity contribution in [2.45, 2.75) is 81.4 Å².